The van der Waals surface area contributed by atoms with Gasteiger partial charge < -0.3 is 41.1 Å². The Morgan fingerprint density at radius 3 is 2.50 bits per heavy atom. The first-order chi connectivity index (χ1) is 33.4. The molecule has 22 heteroatoms. The fourth-order valence-corrected chi connectivity index (χ4v) is 13.4. The number of aromatic carboxylic acids is 1. The molecule has 3 saturated heterocycles. The van der Waals surface area contributed by atoms with Crippen molar-refractivity contribution in [2.75, 3.05) is 42.2 Å². The van der Waals surface area contributed by atoms with Gasteiger partial charge in [0.1, 0.15) is 25.7 Å². The summed E-state index contributed by atoms with van der Waals surface area (Å²) in [4.78, 5) is 87.2. The second kappa shape index (κ2) is 20.8. The molecular weight excluding hydrogens is 964 g/mol. The van der Waals surface area contributed by atoms with Crippen LogP contribution in [-0.4, -0.2) is 109 Å². The summed E-state index contributed by atoms with van der Waals surface area (Å²) >= 11 is 7.43. The Morgan fingerprint density at radius 1 is 0.957 bits per heavy atom. The van der Waals surface area contributed by atoms with Gasteiger partial charge in [0.25, 0.3) is 5.91 Å². The van der Waals surface area contributed by atoms with E-state index in [4.69, 9.17) is 26.2 Å². The van der Waals surface area contributed by atoms with Crippen molar-refractivity contribution >= 4 is 91.4 Å². The predicted molar refractivity (Wildman–Crippen MR) is 262 cm³/mol. The molecule has 3 fully saturated rings. The van der Waals surface area contributed by atoms with Crippen LogP contribution in [0.15, 0.2) is 66.7 Å². The maximum Gasteiger partial charge on any atom is 0.349 e. The molecule has 1 aromatic heterocycles. The number of imide groups is 1. The Labute approximate surface area is 412 Å². The molecule has 0 aliphatic carbocycles. The number of rotatable bonds is 20. The number of thiophene rings is 1. The third-order valence-corrected chi connectivity index (χ3v) is 17.7. The Hall–Kier alpha value is -6.55. The standard InChI is InChI=1S/C48H53ClN8O11S2/c1-48(36-23-33(17-19-57(36)70(48,50)67)53-31-10-6-8-27(20-31)43-41(49)42(68-26-40(61)62)44(69-43)47(65)66)29-9-7-11-32(22-29)54-37(58)12-4-2-3-5-18-51-39(60)24-52-30-13-14-34-28(21-30)25-56(46(34)64)35-15-16-38(59)55-45(35)63/h6-11,13-14,20-22,33,35-36,50,52-53H,2-5,12,15-19,23-26H2,1H3,(H,51,60)(H,54,58)(H,61,62)(H,65,66)(H,55,59,63). The van der Waals surface area contributed by atoms with Gasteiger partial charge in [0, 0.05) is 67.2 Å². The summed E-state index contributed by atoms with van der Waals surface area (Å²) in [6.07, 6.45) is 4.88. The second-order valence-corrected chi connectivity index (χ2v) is 21.7. The van der Waals surface area contributed by atoms with Gasteiger partial charge in [0.15, 0.2) is 17.2 Å². The number of anilines is 3. The highest BCUT2D eigenvalue weighted by atomic mass is 35.5. The zero-order valence-corrected chi connectivity index (χ0v) is 40.5. The Morgan fingerprint density at radius 2 is 1.73 bits per heavy atom. The number of halogens is 1. The lowest BCUT2D eigenvalue weighted by molar-refractivity contribution is -0.139. The molecule has 5 amide bonds. The van der Waals surface area contributed by atoms with Crippen LogP contribution in [0.25, 0.3) is 10.4 Å². The SMILES string of the molecule is CC1(c2cccc(NC(=O)CCCCCCNC(=O)CNc3ccc4c(c3)CN(C3CCC(=O)NC3=O)C4=O)c2)C2CC(Nc3cccc(-c4sc(C(=O)O)c(OCC(=O)O)c4Cl)c3)CCN2S1(=N)=O. The molecule has 370 valence electrons. The molecule has 70 heavy (non-hydrogen) atoms. The molecular formula is C48H53ClN8O11S2. The molecule has 19 nitrogen and oxygen atoms in total. The van der Waals surface area contributed by atoms with E-state index in [1.807, 2.05) is 25.1 Å². The Kier molecular flexibility index (Phi) is 14.8. The molecule has 4 aromatic rings. The molecule has 5 atom stereocenters. The average Bonchev–Trinajstić information content (AvgIpc) is 3.84. The predicted octanol–water partition coefficient (Wildman–Crippen LogP) is 6.24. The van der Waals surface area contributed by atoms with Crippen LogP contribution in [0.2, 0.25) is 5.02 Å². The minimum Gasteiger partial charge on any atom is -0.479 e. The highest BCUT2D eigenvalue weighted by Crippen LogP contribution is 2.53. The number of carbonyl (C=O) groups excluding carboxylic acids is 5. The summed E-state index contributed by atoms with van der Waals surface area (Å²) in [5.41, 5.74) is 4.48. The molecule has 5 unspecified atom stereocenters. The van der Waals surface area contributed by atoms with Gasteiger partial charge in [0.2, 0.25) is 23.6 Å². The lowest BCUT2D eigenvalue weighted by atomic mass is 9.84. The number of nitrogens with zero attached hydrogens (tertiary/aromatic N) is 2. The number of amides is 5. The lowest BCUT2D eigenvalue weighted by Crippen LogP contribution is -2.71. The Balaban J connectivity index is 0.766. The van der Waals surface area contributed by atoms with E-state index < -0.39 is 45.2 Å². The van der Waals surface area contributed by atoms with E-state index in [2.05, 4.69) is 26.6 Å². The van der Waals surface area contributed by atoms with Crippen LogP contribution < -0.4 is 31.3 Å². The second-order valence-electron chi connectivity index (χ2n) is 17.9. The van der Waals surface area contributed by atoms with Crippen LogP contribution in [0.4, 0.5) is 17.1 Å². The van der Waals surface area contributed by atoms with Gasteiger partial charge in [-0.15, -0.1) is 11.3 Å². The van der Waals surface area contributed by atoms with E-state index in [1.54, 1.807) is 52.8 Å². The van der Waals surface area contributed by atoms with E-state index in [-0.39, 0.29) is 83.7 Å². The van der Waals surface area contributed by atoms with Crippen molar-refractivity contribution in [1.82, 2.24) is 19.8 Å². The lowest BCUT2D eigenvalue weighted by Gasteiger charge is -2.60. The van der Waals surface area contributed by atoms with Gasteiger partial charge in [-0.25, -0.2) is 22.9 Å². The van der Waals surface area contributed by atoms with Gasteiger partial charge >= 0.3 is 11.9 Å². The van der Waals surface area contributed by atoms with Crippen molar-refractivity contribution in [3.63, 3.8) is 0 Å². The molecule has 0 radical (unpaired) electrons. The number of hydrogen-bond donors (Lipinski definition) is 8. The zero-order chi connectivity index (χ0) is 49.9. The Bertz CT molecular complexity index is 2880. The molecule has 4 aliphatic heterocycles. The summed E-state index contributed by atoms with van der Waals surface area (Å²) in [5.74, 6) is -4.21. The van der Waals surface area contributed by atoms with Crippen molar-refractivity contribution in [3.8, 4) is 16.2 Å². The van der Waals surface area contributed by atoms with Gasteiger partial charge in [-0.1, -0.05) is 48.7 Å². The van der Waals surface area contributed by atoms with Crippen molar-refractivity contribution in [2.24, 2.45) is 0 Å². The number of ether oxygens (including phenoxy) is 1. The van der Waals surface area contributed by atoms with Crippen LogP contribution in [-0.2, 0) is 45.2 Å². The summed E-state index contributed by atoms with van der Waals surface area (Å²) in [6, 6.07) is 18.6. The molecule has 8 rings (SSSR count). The summed E-state index contributed by atoms with van der Waals surface area (Å²) < 4.78 is 29.1. The number of carboxylic acid groups (broad SMARTS) is 2. The van der Waals surface area contributed by atoms with Crippen molar-refractivity contribution < 1.29 is 52.7 Å². The molecule has 0 spiro atoms. The van der Waals surface area contributed by atoms with E-state index >= 15 is 0 Å². The van der Waals surface area contributed by atoms with Crippen LogP contribution >= 0.6 is 22.9 Å². The largest absolute Gasteiger partial charge is 0.479 e. The van der Waals surface area contributed by atoms with Crippen molar-refractivity contribution in [2.45, 2.75) is 94.1 Å². The van der Waals surface area contributed by atoms with E-state index in [0.717, 1.165) is 41.9 Å². The third-order valence-electron chi connectivity index (χ3n) is 13.3. The van der Waals surface area contributed by atoms with Crippen molar-refractivity contribution in [1.29, 1.82) is 4.78 Å². The molecule has 0 saturated carbocycles. The smallest absolute Gasteiger partial charge is 0.349 e. The monoisotopic (exact) mass is 1020 g/mol. The minimum atomic E-state index is -3.22. The van der Waals surface area contributed by atoms with Crippen LogP contribution in [0, 0.1) is 4.78 Å². The number of carbonyl (C=O) groups is 7. The quantitative estimate of drug-likeness (QED) is 0.0360. The first kappa shape index (κ1) is 49.9. The number of unbranched alkanes of at least 4 members (excludes halogenated alkanes) is 3. The van der Waals surface area contributed by atoms with Gasteiger partial charge in [-0.05, 0) is 98.2 Å². The van der Waals surface area contributed by atoms with Crippen LogP contribution in [0.3, 0.4) is 0 Å². The maximum absolute atomic E-state index is 14.1. The maximum atomic E-state index is 14.1. The summed E-state index contributed by atoms with van der Waals surface area (Å²) in [6.45, 7) is 2.26. The van der Waals surface area contributed by atoms with Crippen molar-refractivity contribution in [3.05, 3.63) is 93.3 Å². The zero-order valence-electron chi connectivity index (χ0n) is 38.1. The third kappa shape index (κ3) is 10.3. The van der Waals surface area contributed by atoms with Gasteiger partial charge in [0.05, 0.1) is 11.4 Å². The van der Waals surface area contributed by atoms with Gasteiger partial charge in [-0.3, -0.25) is 29.3 Å². The molecule has 5 heterocycles. The van der Waals surface area contributed by atoms with E-state index in [0.29, 0.717) is 65.3 Å². The fraction of sp³-hybridized carbons (Fsp3) is 0.396. The van der Waals surface area contributed by atoms with Crippen LogP contribution in [0.5, 0.6) is 5.75 Å². The highest BCUT2D eigenvalue weighted by Gasteiger charge is 2.62. The number of fused-ring (bicyclic) bond motifs is 2. The molecule has 8 N–H and O–H groups in total. The average molecular weight is 1020 g/mol. The summed E-state index contributed by atoms with van der Waals surface area (Å²) in [7, 11) is -3.22. The first-order valence-electron chi connectivity index (χ1n) is 23.0. The molecule has 3 aromatic carbocycles. The first-order valence-corrected chi connectivity index (χ1v) is 25.7. The number of aliphatic carboxylic acids is 1. The number of nitrogens with one attached hydrogen (secondary N) is 6. The van der Waals surface area contributed by atoms with Crippen LogP contribution in [0.1, 0.15) is 95.9 Å². The normalized spacial score (nSPS) is 22.8. The van der Waals surface area contributed by atoms with Gasteiger partial charge in [-0.2, -0.15) is 0 Å². The fourth-order valence-electron chi connectivity index (χ4n) is 9.63. The highest BCUT2D eigenvalue weighted by molar-refractivity contribution is 7.92. The topological polar surface area (TPSA) is 277 Å². The van der Waals surface area contributed by atoms with E-state index in [9.17, 15) is 42.9 Å². The minimum absolute atomic E-state index is 0.00460. The summed E-state index contributed by atoms with van der Waals surface area (Å²) in [5, 5.41) is 33.6. The number of carboxylic acids is 2. The van der Waals surface area contributed by atoms with E-state index in [1.165, 1.54) is 4.90 Å². The number of hydrogen-bond acceptors (Lipinski definition) is 13. The molecule has 4 aliphatic rings. The number of benzene rings is 3. The number of piperidine rings is 2. The molecule has 0 bridgehead atoms.